The Balaban J connectivity index is 3.55. The number of allylic oxidation sites excluding steroid dienone is 6. The zero-order valence-electron chi connectivity index (χ0n) is 13.9. The Bertz CT molecular complexity index is 417. The molecule has 0 fully saturated rings. The molecule has 2 heteroatoms. The van der Waals surface area contributed by atoms with Crippen molar-refractivity contribution in [1.82, 2.24) is 0 Å². The van der Waals surface area contributed by atoms with Crippen LogP contribution in [0.3, 0.4) is 0 Å². The molecule has 0 radical (unpaired) electrons. The van der Waals surface area contributed by atoms with Crippen LogP contribution in [0.25, 0.3) is 0 Å². The van der Waals surface area contributed by atoms with Gasteiger partial charge in [0.25, 0.3) is 0 Å². The first-order valence-corrected chi connectivity index (χ1v) is 8.47. The highest BCUT2D eigenvalue weighted by molar-refractivity contribution is 5.66. The van der Waals surface area contributed by atoms with E-state index in [1.165, 1.54) is 44.9 Å². The lowest BCUT2D eigenvalue weighted by Gasteiger charge is -1.98. The van der Waals surface area contributed by atoms with Gasteiger partial charge in [0.05, 0.1) is 0 Å². The Morgan fingerprint density at radius 2 is 1.64 bits per heavy atom. The molecule has 0 atom stereocenters. The molecular formula is C20H30O2. The summed E-state index contributed by atoms with van der Waals surface area (Å²) >= 11 is 0. The molecule has 0 heterocycles. The van der Waals surface area contributed by atoms with Crippen molar-refractivity contribution in [3.8, 4) is 0 Å². The lowest BCUT2D eigenvalue weighted by Crippen LogP contribution is -1.91. The molecule has 0 spiro atoms. The summed E-state index contributed by atoms with van der Waals surface area (Å²) in [5.74, 6) is -0.784. The molecule has 0 bridgehead atoms. The first-order chi connectivity index (χ1) is 10.8. The molecule has 0 aromatic heterocycles. The molecule has 0 unspecified atom stereocenters. The third-order valence-electron chi connectivity index (χ3n) is 3.20. The van der Waals surface area contributed by atoms with Gasteiger partial charge in [0.1, 0.15) is 0 Å². The van der Waals surface area contributed by atoms with E-state index < -0.39 is 5.97 Å². The molecule has 0 aliphatic rings. The number of carboxylic acids is 1. The average Bonchev–Trinajstić information content (AvgIpc) is 2.50. The van der Waals surface area contributed by atoms with Crippen LogP contribution in [0.5, 0.6) is 0 Å². The van der Waals surface area contributed by atoms with Gasteiger partial charge in [-0.2, -0.15) is 0 Å². The Morgan fingerprint density at radius 3 is 2.36 bits per heavy atom. The minimum atomic E-state index is -0.784. The largest absolute Gasteiger partial charge is 0.481 e. The predicted octanol–water partition coefficient (Wildman–Crippen LogP) is 5.97. The van der Waals surface area contributed by atoms with Crippen molar-refractivity contribution >= 4 is 5.97 Å². The van der Waals surface area contributed by atoms with E-state index in [2.05, 4.69) is 30.5 Å². The van der Waals surface area contributed by atoms with Gasteiger partial charge in [-0.15, -0.1) is 0 Å². The summed E-state index contributed by atoms with van der Waals surface area (Å²) in [6.45, 7) is 2.25. The SMILES string of the molecule is CCCCCCCCC/C=C/C=C/C=C=C=CCCC(=O)O. The zero-order chi connectivity index (χ0) is 16.3. The lowest BCUT2D eigenvalue weighted by atomic mass is 10.1. The van der Waals surface area contributed by atoms with Crippen molar-refractivity contribution in [3.05, 3.63) is 47.9 Å². The molecule has 0 amide bonds. The topological polar surface area (TPSA) is 37.3 Å². The number of hydrogen-bond donors (Lipinski definition) is 1. The maximum Gasteiger partial charge on any atom is 0.303 e. The maximum absolute atomic E-state index is 10.3. The molecule has 122 valence electrons. The second-order valence-electron chi connectivity index (χ2n) is 5.31. The highest BCUT2D eigenvalue weighted by Gasteiger charge is 1.90. The molecule has 0 rings (SSSR count). The Kier molecular flexibility index (Phi) is 15.9. The van der Waals surface area contributed by atoms with Crippen LogP contribution in [0.1, 0.15) is 71.1 Å². The predicted molar refractivity (Wildman–Crippen MR) is 93.9 cm³/mol. The van der Waals surface area contributed by atoms with Gasteiger partial charge in [-0.25, -0.2) is 0 Å². The van der Waals surface area contributed by atoms with Gasteiger partial charge in [0, 0.05) is 6.42 Å². The summed E-state index contributed by atoms with van der Waals surface area (Å²) in [4.78, 5) is 10.3. The van der Waals surface area contributed by atoms with Crippen LogP contribution < -0.4 is 0 Å². The smallest absolute Gasteiger partial charge is 0.303 e. The number of rotatable bonds is 13. The molecule has 0 saturated carbocycles. The molecule has 2 nitrogen and oxygen atoms in total. The van der Waals surface area contributed by atoms with E-state index in [9.17, 15) is 4.79 Å². The summed E-state index contributed by atoms with van der Waals surface area (Å²) in [6.07, 6.45) is 22.8. The van der Waals surface area contributed by atoms with Crippen molar-refractivity contribution in [3.63, 3.8) is 0 Å². The Labute approximate surface area is 135 Å². The summed E-state index contributed by atoms with van der Waals surface area (Å²) in [5, 5.41) is 8.44. The van der Waals surface area contributed by atoms with E-state index in [0.29, 0.717) is 6.42 Å². The second-order valence-corrected chi connectivity index (χ2v) is 5.31. The van der Waals surface area contributed by atoms with Crippen LogP contribution in [0.15, 0.2) is 47.9 Å². The average molecular weight is 302 g/mol. The highest BCUT2D eigenvalue weighted by Crippen LogP contribution is 2.08. The molecule has 0 aliphatic heterocycles. The molecule has 0 saturated heterocycles. The van der Waals surface area contributed by atoms with Crippen molar-refractivity contribution in [1.29, 1.82) is 0 Å². The Hall–Kier alpha value is -1.75. The lowest BCUT2D eigenvalue weighted by molar-refractivity contribution is -0.136. The first kappa shape index (κ1) is 20.2. The van der Waals surface area contributed by atoms with Crippen LogP contribution in [0, 0.1) is 0 Å². The third kappa shape index (κ3) is 18.2. The standard InChI is InChI=1S/C20H30O2/c1-2-3-4-5-6-7-8-9-10-11-12-13-14-15-16-17-18-19-20(21)22/h10-14,17H,2-9,18-19H2,1H3,(H,21,22)/b11-10+,13-12+,17-14?. The van der Waals surface area contributed by atoms with Crippen molar-refractivity contribution in [2.24, 2.45) is 0 Å². The van der Waals surface area contributed by atoms with E-state index in [1.807, 2.05) is 12.2 Å². The van der Waals surface area contributed by atoms with Crippen molar-refractivity contribution < 1.29 is 9.90 Å². The van der Waals surface area contributed by atoms with Gasteiger partial charge >= 0.3 is 5.97 Å². The molecule has 0 aromatic rings. The minimum absolute atomic E-state index is 0.145. The quantitative estimate of drug-likeness (QED) is 0.258. The van der Waals surface area contributed by atoms with Crippen molar-refractivity contribution in [2.75, 3.05) is 0 Å². The number of carboxylic acid groups (broad SMARTS) is 1. The van der Waals surface area contributed by atoms with Crippen LogP contribution in [-0.4, -0.2) is 11.1 Å². The fourth-order valence-corrected chi connectivity index (χ4v) is 1.94. The fraction of sp³-hybridized carbons (Fsp3) is 0.550. The van der Waals surface area contributed by atoms with Gasteiger partial charge in [-0.05, 0) is 31.4 Å². The molecule has 0 aliphatic carbocycles. The number of carbonyl (C=O) groups is 1. The van der Waals surface area contributed by atoms with E-state index in [1.54, 1.807) is 12.2 Å². The number of unbranched alkanes of at least 4 members (excludes halogenated alkanes) is 7. The monoisotopic (exact) mass is 302 g/mol. The first-order valence-electron chi connectivity index (χ1n) is 8.47. The molecule has 0 aromatic carbocycles. The normalized spacial score (nSPS) is 10.6. The van der Waals surface area contributed by atoms with E-state index in [0.717, 1.165) is 6.42 Å². The Morgan fingerprint density at radius 1 is 0.909 bits per heavy atom. The summed E-state index contributed by atoms with van der Waals surface area (Å²) < 4.78 is 0. The molecule has 22 heavy (non-hydrogen) atoms. The van der Waals surface area contributed by atoms with Gasteiger partial charge in [-0.1, -0.05) is 81.2 Å². The molecule has 1 N–H and O–H groups in total. The second kappa shape index (κ2) is 17.3. The van der Waals surface area contributed by atoms with Crippen LogP contribution in [0.2, 0.25) is 0 Å². The number of hydrogen-bond acceptors (Lipinski definition) is 1. The summed E-state index contributed by atoms with van der Waals surface area (Å²) in [6, 6.07) is 0. The summed E-state index contributed by atoms with van der Waals surface area (Å²) in [7, 11) is 0. The highest BCUT2D eigenvalue weighted by atomic mass is 16.4. The molecular weight excluding hydrogens is 272 g/mol. The van der Waals surface area contributed by atoms with E-state index >= 15 is 0 Å². The van der Waals surface area contributed by atoms with Crippen LogP contribution in [0.4, 0.5) is 0 Å². The van der Waals surface area contributed by atoms with Crippen LogP contribution >= 0.6 is 0 Å². The van der Waals surface area contributed by atoms with E-state index in [-0.39, 0.29) is 6.42 Å². The fourth-order valence-electron chi connectivity index (χ4n) is 1.94. The minimum Gasteiger partial charge on any atom is -0.481 e. The van der Waals surface area contributed by atoms with Gasteiger partial charge in [-0.3, -0.25) is 4.79 Å². The van der Waals surface area contributed by atoms with Gasteiger partial charge in [0.2, 0.25) is 0 Å². The maximum atomic E-state index is 10.3. The van der Waals surface area contributed by atoms with E-state index in [4.69, 9.17) is 5.11 Å². The third-order valence-corrected chi connectivity index (χ3v) is 3.20. The van der Waals surface area contributed by atoms with Gasteiger partial charge in [0.15, 0.2) is 0 Å². The van der Waals surface area contributed by atoms with Gasteiger partial charge < -0.3 is 5.11 Å². The van der Waals surface area contributed by atoms with Crippen molar-refractivity contribution in [2.45, 2.75) is 71.1 Å². The zero-order valence-corrected chi connectivity index (χ0v) is 13.9. The number of aliphatic carboxylic acids is 1. The van der Waals surface area contributed by atoms with Crippen LogP contribution in [-0.2, 0) is 4.79 Å². The summed E-state index contributed by atoms with van der Waals surface area (Å²) in [5.41, 5.74) is 5.66.